The van der Waals surface area contributed by atoms with Crippen LogP contribution in [-0.4, -0.2) is 22.8 Å². The van der Waals surface area contributed by atoms with Crippen molar-refractivity contribution in [1.82, 2.24) is 4.98 Å². The maximum Gasteiger partial charge on any atom is 0.228 e. The summed E-state index contributed by atoms with van der Waals surface area (Å²) in [5.41, 5.74) is 1.80. The number of nitrogens with zero attached hydrogens (tertiary/aromatic N) is 2. The van der Waals surface area contributed by atoms with Crippen molar-refractivity contribution in [2.24, 2.45) is 0 Å². The molecule has 1 aliphatic heterocycles. The molecule has 0 radical (unpaired) electrons. The molecule has 2 rings (SSSR count). The summed E-state index contributed by atoms with van der Waals surface area (Å²) in [7, 11) is 0. The van der Waals surface area contributed by atoms with Gasteiger partial charge < -0.3 is 4.90 Å². The second kappa shape index (κ2) is 3.58. The largest absolute Gasteiger partial charge is 0.311 e. The van der Waals surface area contributed by atoms with Crippen LogP contribution in [-0.2, 0) is 4.79 Å². The number of rotatable bonds is 1. The monoisotopic (exact) mass is 210 g/mol. The molecule has 1 atom stereocenters. The maximum atomic E-state index is 11.5. The normalized spacial score (nSPS) is 21.7. The Hall–Kier alpha value is -1.09. The van der Waals surface area contributed by atoms with Gasteiger partial charge in [0.1, 0.15) is 0 Å². The molecule has 0 spiro atoms. The van der Waals surface area contributed by atoms with E-state index in [9.17, 15) is 4.79 Å². The van der Waals surface area contributed by atoms with Crippen LogP contribution in [0.15, 0.2) is 18.3 Å². The molecule has 0 bridgehead atoms. The van der Waals surface area contributed by atoms with E-state index in [4.69, 9.17) is 11.6 Å². The number of pyridine rings is 1. The molecule has 1 saturated heterocycles. The quantitative estimate of drug-likeness (QED) is 0.662. The first kappa shape index (κ1) is 9.46. The number of amides is 1. The van der Waals surface area contributed by atoms with E-state index in [1.165, 1.54) is 0 Å². The van der Waals surface area contributed by atoms with Gasteiger partial charge in [0.05, 0.1) is 5.38 Å². The summed E-state index contributed by atoms with van der Waals surface area (Å²) in [5, 5.41) is -0.0593. The van der Waals surface area contributed by atoms with Crippen molar-refractivity contribution < 1.29 is 4.79 Å². The van der Waals surface area contributed by atoms with Gasteiger partial charge in [0.2, 0.25) is 5.91 Å². The lowest BCUT2D eigenvalue weighted by atomic mass is 10.3. The second-order valence-electron chi connectivity index (χ2n) is 3.46. The van der Waals surface area contributed by atoms with Gasteiger partial charge >= 0.3 is 0 Å². The van der Waals surface area contributed by atoms with E-state index < -0.39 is 0 Å². The minimum Gasteiger partial charge on any atom is -0.311 e. The van der Waals surface area contributed by atoms with E-state index in [1.807, 2.05) is 19.1 Å². The van der Waals surface area contributed by atoms with Crippen molar-refractivity contribution in [3.8, 4) is 0 Å². The van der Waals surface area contributed by atoms with Crippen LogP contribution in [0.5, 0.6) is 0 Å². The summed E-state index contributed by atoms with van der Waals surface area (Å²) in [6.07, 6.45) is 2.14. The Morgan fingerprint density at radius 2 is 2.43 bits per heavy atom. The predicted molar refractivity (Wildman–Crippen MR) is 55.6 cm³/mol. The van der Waals surface area contributed by atoms with E-state index in [-0.39, 0.29) is 11.3 Å². The first-order valence-corrected chi connectivity index (χ1v) is 4.97. The Kier molecular flexibility index (Phi) is 2.42. The lowest BCUT2D eigenvalue weighted by Gasteiger charge is -2.15. The molecular formula is C10H11ClN2O. The number of carbonyl (C=O) groups is 1. The minimum absolute atomic E-state index is 0.0593. The summed E-state index contributed by atoms with van der Waals surface area (Å²) in [6.45, 7) is 2.51. The molecule has 0 aliphatic carbocycles. The zero-order chi connectivity index (χ0) is 10.1. The van der Waals surface area contributed by atoms with Gasteiger partial charge in [-0.1, -0.05) is 0 Å². The zero-order valence-electron chi connectivity index (χ0n) is 7.90. The van der Waals surface area contributed by atoms with Crippen LogP contribution in [0.1, 0.15) is 12.1 Å². The number of anilines is 1. The van der Waals surface area contributed by atoms with Crippen LogP contribution in [0.3, 0.4) is 0 Å². The third kappa shape index (κ3) is 1.73. The molecule has 0 saturated carbocycles. The van der Waals surface area contributed by atoms with E-state index >= 15 is 0 Å². The fraction of sp³-hybridized carbons (Fsp3) is 0.400. The highest BCUT2D eigenvalue weighted by Crippen LogP contribution is 2.23. The first-order chi connectivity index (χ1) is 6.66. The second-order valence-corrected chi connectivity index (χ2v) is 4.08. The predicted octanol–water partition coefficient (Wildman–Crippen LogP) is 1.73. The molecule has 74 valence electrons. The van der Waals surface area contributed by atoms with Crippen LogP contribution in [0, 0.1) is 6.92 Å². The van der Waals surface area contributed by atoms with Gasteiger partial charge in [-0.2, -0.15) is 0 Å². The van der Waals surface area contributed by atoms with E-state index in [1.54, 1.807) is 11.1 Å². The summed E-state index contributed by atoms with van der Waals surface area (Å²) in [4.78, 5) is 17.3. The van der Waals surface area contributed by atoms with Gasteiger partial charge in [-0.3, -0.25) is 9.78 Å². The molecule has 1 aliphatic rings. The van der Waals surface area contributed by atoms with Gasteiger partial charge in [0.25, 0.3) is 0 Å². The van der Waals surface area contributed by atoms with Crippen LogP contribution in [0.4, 0.5) is 5.69 Å². The number of aromatic nitrogens is 1. The zero-order valence-corrected chi connectivity index (χ0v) is 8.66. The Morgan fingerprint density at radius 3 is 3.00 bits per heavy atom. The van der Waals surface area contributed by atoms with E-state index in [0.29, 0.717) is 13.0 Å². The third-order valence-electron chi connectivity index (χ3n) is 2.27. The Morgan fingerprint density at radius 1 is 1.64 bits per heavy atom. The number of carbonyl (C=O) groups excluding carboxylic acids is 1. The molecular weight excluding hydrogens is 200 g/mol. The molecule has 14 heavy (non-hydrogen) atoms. The summed E-state index contributed by atoms with van der Waals surface area (Å²) in [5.74, 6) is 0.0931. The standard InChI is InChI=1S/C10H11ClN2O/c1-7-4-9(2-3-12-7)13-6-8(11)5-10(13)14/h2-4,8H,5-6H2,1H3. The van der Waals surface area contributed by atoms with Gasteiger partial charge in [0.15, 0.2) is 0 Å². The molecule has 3 nitrogen and oxygen atoms in total. The molecule has 2 heterocycles. The Bertz CT molecular complexity index is 367. The number of hydrogen-bond acceptors (Lipinski definition) is 2. The van der Waals surface area contributed by atoms with Crippen molar-refractivity contribution in [1.29, 1.82) is 0 Å². The summed E-state index contributed by atoms with van der Waals surface area (Å²) in [6, 6.07) is 3.73. The highest BCUT2D eigenvalue weighted by molar-refractivity contribution is 6.24. The van der Waals surface area contributed by atoms with Crippen molar-refractivity contribution >= 4 is 23.2 Å². The average Bonchev–Trinajstić information content (AvgIpc) is 2.45. The number of aryl methyl sites for hydroxylation is 1. The van der Waals surface area contributed by atoms with Crippen LogP contribution in [0.25, 0.3) is 0 Å². The average molecular weight is 211 g/mol. The van der Waals surface area contributed by atoms with E-state index in [2.05, 4.69) is 4.98 Å². The molecule has 1 aromatic heterocycles. The van der Waals surface area contributed by atoms with E-state index in [0.717, 1.165) is 11.4 Å². The smallest absolute Gasteiger partial charge is 0.228 e. The fourth-order valence-electron chi connectivity index (χ4n) is 1.61. The SMILES string of the molecule is Cc1cc(N2CC(Cl)CC2=O)ccn1. The summed E-state index contributed by atoms with van der Waals surface area (Å²) < 4.78 is 0. The van der Waals surface area contributed by atoms with Crippen molar-refractivity contribution in [2.45, 2.75) is 18.7 Å². The third-order valence-corrected chi connectivity index (χ3v) is 2.56. The lowest BCUT2D eigenvalue weighted by Crippen LogP contribution is -2.24. The Balaban J connectivity index is 2.27. The first-order valence-electron chi connectivity index (χ1n) is 4.54. The van der Waals surface area contributed by atoms with Crippen LogP contribution >= 0.6 is 11.6 Å². The van der Waals surface area contributed by atoms with Crippen LogP contribution < -0.4 is 4.90 Å². The maximum absolute atomic E-state index is 11.5. The topological polar surface area (TPSA) is 33.2 Å². The molecule has 1 aromatic rings. The molecule has 1 unspecified atom stereocenters. The number of hydrogen-bond donors (Lipinski definition) is 0. The van der Waals surface area contributed by atoms with Gasteiger partial charge in [-0.15, -0.1) is 11.6 Å². The van der Waals surface area contributed by atoms with Crippen molar-refractivity contribution in [3.05, 3.63) is 24.0 Å². The highest BCUT2D eigenvalue weighted by atomic mass is 35.5. The van der Waals surface area contributed by atoms with Gasteiger partial charge in [-0.05, 0) is 19.1 Å². The van der Waals surface area contributed by atoms with Gasteiger partial charge in [-0.25, -0.2) is 0 Å². The molecule has 1 amide bonds. The minimum atomic E-state index is -0.0593. The van der Waals surface area contributed by atoms with Gasteiger partial charge in [0, 0.05) is 30.5 Å². The summed E-state index contributed by atoms with van der Waals surface area (Å²) >= 11 is 5.91. The highest BCUT2D eigenvalue weighted by Gasteiger charge is 2.28. The molecule has 4 heteroatoms. The lowest BCUT2D eigenvalue weighted by molar-refractivity contribution is -0.117. The van der Waals surface area contributed by atoms with Crippen molar-refractivity contribution in [3.63, 3.8) is 0 Å². The number of halogens is 1. The molecule has 0 aromatic carbocycles. The van der Waals surface area contributed by atoms with Crippen LogP contribution in [0.2, 0.25) is 0 Å². The molecule has 1 fully saturated rings. The fourth-order valence-corrected chi connectivity index (χ4v) is 1.88. The number of alkyl halides is 1. The molecule has 0 N–H and O–H groups in total. The Labute approximate surface area is 87.7 Å². The van der Waals surface area contributed by atoms with Crippen molar-refractivity contribution in [2.75, 3.05) is 11.4 Å².